The summed E-state index contributed by atoms with van der Waals surface area (Å²) in [5, 5.41) is 4.69. The summed E-state index contributed by atoms with van der Waals surface area (Å²) in [6, 6.07) is 18.6. The molecule has 3 aromatic carbocycles. The second kappa shape index (κ2) is 6.82. The van der Waals surface area contributed by atoms with Crippen LogP contribution in [0, 0.1) is 6.92 Å². The molecule has 4 rings (SSSR count). The van der Waals surface area contributed by atoms with Crippen LogP contribution < -0.4 is 5.30 Å². The Kier molecular flexibility index (Phi) is 4.66. The lowest BCUT2D eigenvalue weighted by molar-refractivity contribution is 0.845. The van der Waals surface area contributed by atoms with Crippen molar-refractivity contribution in [2.24, 2.45) is 0 Å². The van der Waals surface area contributed by atoms with Crippen molar-refractivity contribution in [3.05, 3.63) is 76.3 Å². The zero-order valence-electron chi connectivity index (χ0n) is 16.6. The highest BCUT2D eigenvalue weighted by molar-refractivity contribution is 7.64. The molecule has 0 fully saturated rings. The van der Waals surface area contributed by atoms with Gasteiger partial charge < -0.3 is 0 Å². The highest BCUT2D eigenvalue weighted by atomic mass is 31.1. The van der Waals surface area contributed by atoms with E-state index in [1.807, 2.05) is 0 Å². The average Bonchev–Trinajstić information content (AvgIpc) is 2.63. The van der Waals surface area contributed by atoms with Crippen molar-refractivity contribution in [2.45, 2.75) is 58.8 Å². The van der Waals surface area contributed by atoms with Crippen LogP contribution in [0.4, 0.5) is 0 Å². The molecule has 1 unspecified atom stereocenters. The van der Waals surface area contributed by atoms with Gasteiger partial charge in [0.15, 0.2) is 0 Å². The molecule has 0 aromatic heterocycles. The first-order valence-corrected chi connectivity index (χ1v) is 11.6. The number of aryl methyl sites for hydroxylation is 1. The molecule has 0 bridgehead atoms. The third-order valence-electron chi connectivity index (χ3n) is 5.81. The Morgan fingerprint density at radius 3 is 1.92 bits per heavy atom. The van der Waals surface area contributed by atoms with Crippen molar-refractivity contribution < 1.29 is 0 Å². The topological polar surface area (TPSA) is 0 Å². The average molecular weight is 360 g/mol. The Morgan fingerprint density at radius 2 is 1.31 bits per heavy atom. The molecule has 0 spiro atoms. The molecule has 1 atom stereocenters. The minimum absolute atomic E-state index is 0.195. The summed E-state index contributed by atoms with van der Waals surface area (Å²) in [7, 11) is -0.195. The Labute approximate surface area is 159 Å². The monoisotopic (exact) mass is 360 g/mol. The van der Waals surface area contributed by atoms with E-state index in [2.05, 4.69) is 83.1 Å². The van der Waals surface area contributed by atoms with Crippen molar-refractivity contribution in [3.63, 3.8) is 0 Å². The first-order chi connectivity index (χ1) is 12.5. The van der Waals surface area contributed by atoms with Gasteiger partial charge in [-0.15, -0.1) is 0 Å². The van der Waals surface area contributed by atoms with Gasteiger partial charge in [-0.25, -0.2) is 0 Å². The molecule has 0 aliphatic carbocycles. The lowest BCUT2D eigenvalue weighted by atomic mass is 9.95. The number of hydrogen-bond donors (Lipinski definition) is 0. The maximum Gasteiger partial charge on any atom is -0.00233 e. The fourth-order valence-corrected chi connectivity index (χ4v) is 7.65. The van der Waals surface area contributed by atoms with Crippen LogP contribution in [0.15, 0.2) is 48.5 Å². The second-order valence-corrected chi connectivity index (χ2v) is 10.5. The molecule has 1 heterocycles. The van der Waals surface area contributed by atoms with Gasteiger partial charge >= 0.3 is 0 Å². The highest BCUT2D eigenvalue weighted by Crippen LogP contribution is 2.52. The van der Waals surface area contributed by atoms with Crippen molar-refractivity contribution in [3.8, 4) is 0 Å². The molecule has 0 amide bonds. The van der Waals surface area contributed by atoms with Crippen LogP contribution in [0.3, 0.4) is 0 Å². The summed E-state index contributed by atoms with van der Waals surface area (Å²) in [4.78, 5) is 0. The number of benzene rings is 3. The second-order valence-electron chi connectivity index (χ2n) is 8.33. The minimum Gasteiger partial charge on any atom is -0.0657 e. The van der Waals surface area contributed by atoms with E-state index in [0.29, 0.717) is 11.8 Å². The van der Waals surface area contributed by atoms with Crippen LogP contribution in [0.2, 0.25) is 0 Å². The smallest absolute Gasteiger partial charge is 0.00233 e. The molecule has 134 valence electrons. The fraction of sp³-hybridized carbons (Fsp3) is 0.360. The minimum atomic E-state index is -0.195. The quantitative estimate of drug-likeness (QED) is 0.433. The van der Waals surface area contributed by atoms with E-state index in [4.69, 9.17) is 0 Å². The Morgan fingerprint density at radius 1 is 0.731 bits per heavy atom. The summed E-state index contributed by atoms with van der Waals surface area (Å²) < 4.78 is 0. The summed E-state index contributed by atoms with van der Waals surface area (Å²) in [5.74, 6) is 1.17. The van der Waals surface area contributed by atoms with E-state index < -0.39 is 0 Å². The number of rotatable bonds is 3. The first kappa shape index (κ1) is 17.7. The van der Waals surface area contributed by atoms with Gasteiger partial charge in [0.05, 0.1) is 0 Å². The molecule has 1 heteroatoms. The molecule has 0 N–H and O–H groups in total. The van der Waals surface area contributed by atoms with Gasteiger partial charge in [-0.05, 0) is 75.0 Å². The van der Waals surface area contributed by atoms with Crippen LogP contribution in [-0.2, 0) is 12.3 Å². The highest BCUT2D eigenvalue weighted by Gasteiger charge is 2.27. The van der Waals surface area contributed by atoms with E-state index in [9.17, 15) is 0 Å². The third kappa shape index (κ3) is 2.89. The Bertz CT molecular complexity index is 927. The molecule has 0 nitrogen and oxygen atoms in total. The molecule has 1 aliphatic heterocycles. The molecule has 3 aromatic rings. The van der Waals surface area contributed by atoms with Crippen molar-refractivity contribution in [1.29, 1.82) is 0 Å². The van der Waals surface area contributed by atoms with Gasteiger partial charge in [-0.3, -0.25) is 0 Å². The van der Waals surface area contributed by atoms with E-state index in [1.165, 1.54) is 23.3 Å². The lowest BCUT2D eigenvalue weighted by Crippen LogP contribution is -2.20. The van der Waals surface area contributed by atoms with Crippen LogP contribution in [0.1, 0.15) is 67.3 Å². The molecule has 0 saturated heterocycles. The standard InChI is InChI=1S/C25H29P/c1-16(2)21-9-7-10-22(17(3)4)25(21)26-14-19-8-6-11-23-18(5)12-13-20(15-26)24(19)23/h6-13,16-17H,14-15H2,1-5H3. The largest absolute Gasteiger partial charge is 0.0657 e. The van der Waals surface area contributed by atoms with Crippen molar-refractivity contribution in [1.82, 2.24) is 0 Å². The van der Waals surface area contributed by atoms with Crippen molar-refractivity contribution in [2.75, 3.05) is 0 Å². The molecule has 0 saturated carbocycles. The van der Waals surface area contributed by atoms with E-state index in [0.717, 1.165) is 0 Å². The van der Waals surface area contributed by atoms with Crippen LogP contribution >= 0.6 is 7.92 Å². The summed E-state index contributed by atoms with van der Waals surface area (Å²) in [6.45, 7) is 11.6. The van der Waals surface area contributed by atoms with Gasteiger partial charge in [0.25, 0.3) is 0 Å². The number of hydrogen-bond acceptors (Lipinski definition) is 0. The zero-order chi connectivity index (χ0) is 18.4. The lowest BCUT2D eigenvalue weighted by Gasteiger charge is -2.31. The zero-order valence-corrected chi connectivity index (χ0v) is 17.5. The van der Waals surface area contributed by atoms with E-state index >= 15 is 0 Å². The third-order valence-corrected chi connectivity index (χ3v) is 8.41. The van der Waals surface area contributed by atoms with E-state index in [-0.39, 0.29) is 7.92 Å². The molecular weight excluding hydrogens is 331 g/mol. The maximum atomic E-state index is 2.39. The predicted octanol–water partition coefficient (Wildman–Crippen LogP) is 7.22. The summed E-state index contributed by atoms with van der Waals surface area (Å²) in [5.41, 5.74) is 7.68. The summed E-state index contributed by atoms with van der Waals surface area (Å²) in [6.07, 6.45) is 2.46. The Balaban J connectivity index is 1.89. The van der Waals surface area contributed by atoms with Gasteiger partial charge in [0, 0.05) is 0 Å². The maximum absolute atomic E-state index is 2.39. The SMILES string of the molecule is Cc1ccc2c3c(cccc13)CP(c1c(C(C)C)cccc1C(C)C)C2. The molecule has 0 radical (unpaired) electrons. The summed E-state index contributed by atoms with van der Waals surface area (Å²) >= 11 is 0. The predicted molar refractivity (Wildman–Crippen MR) is 117 cm³/mol. The Hall–Kier alpha value is -1.65. The van der Waals surface area contributed by atoms with Crippen LogP contribution in [0.25, 0.3) is 10.8 Å². The molecular formula is C25H29P. The van der Waals surface area contributed by atoms with Gasteiger partial charge in [0.1, 0.15) is 0 Å². The van der Waals surface area contributed by atoms with Crippen molar-refractivity contribution >= 4 is 24.0 Å². The van der Waals surface area contributed by atoms with Gasteiger partial charge in [-0.1, -0.05) is 84.1 Å². The molecule has 26 heavy (non-hydrogen) atoms. The van der Waals surface area contributed by atoms with E-state index in [1.54, 1.807) is 32.9 Å². The first-order valence-electron chi connectivity index (χ1n) is 9.85. The molecule has 1 aliphatic rings. The normalized spacial score (nSPS) is 16.7. The van der Waals surface area contributed by atoms with Gasteiger partial charge in [0.2, 0.25) is 0 Å². The van der Waals surface area contributed by atoms with Crippen LogP contribution in [0.5, 0.6) is 0 Å². The fourth-order valence-electron chi connectivity index (χ4n) is 4.47. The van der Waals surface area contributed by atoms with Crippen LogP contribution in [-0.4, -0.2) is 0 Å². The van der Waals surface area contributed by atoms with Gasteiger partial charge in [-0.2, -0.15) is 0 Å².